The second-order valence-corrected chi connectivity index (χ2v) is 5.86. The Morgan fingerprint density at radius 3 is 2.65 bits per heavy atom. The summed E-state index contributed by atoms with van der Waals surface area (Å²) in [6.45, 7) is 0.633. The van der Waals surface area contributed by atoms with Gasteiger partial charge in [0, 0.05) is 6.54 Å². The number of nitrogens with two attached hydrogens (primary N) is 1. The summed E-state index contributed by atoms with van der Waals surface area (Å²) in [5.41, 5.74) is 7.51. The van der Waals surface area contributed by atoms with E-state index in [4.69, 9.17) is 19.9 Å². The number of rotatable bonds is 7. The van der Waals surface area contributed by atoms with E-state index in [1.165, 1.54) is 0 Å². The molecule has 0 bridgehead atoms. The van der Waals surface area contributed by atoms with E-state index >= 15 is 0 Å². The van der Waals surface area contributed by atoms with Crippen molar-refractivity contribution in [3.8, 4) is 11.5 Å². The summed E-state index contributed by atoms with van der Waals surface area (Å²) in [7, 11) is 0. The minimum absolute atomic E-state index is 0.158. The number of nitrogens with one attached hydrogen (secondary N) is 1. The summed E-state index contributed by atoms with van der Waals surface area (Å²) in [5.74, 6) is 0.391. The lowest BCUT2D eigenvalue weighted by molar-refractivity contribution is -0.146. The number of ether oxygens (including phenoxy) is 3. The average Bonchev–Trinajstić information content (AvgIpc) is 3.13. The predicted molar refractivity (Wildman–Crippen MR) is 93.2 cm³/mol. The second kappa shape index (κ2) is 8.35. The summed E-state index contributed by atoms with van der Waals surface area (Å²) in [6, 6.07) is 13.7. The second-order valence-electron chi connectivity index (χ2n) is 5.86. The summed E-state index contributed by atoms with van der Waals surface area (Å²) < 4.78 is 15.7. The van der Waals surface area contributed by atoms with E-state index in [9.17, 15) is 9.59 Å². The van der Waals surface area contributed by atoms with E-state index in [2.05, 4.69) is 5.32 Å². The highest BCUT2D eigenvalue weighted by Gasteiger charge is 2.19. The van der Waals surface area contributed by atoms with Crippen molar-refractivity contribution in [2.75, 3.05) is 6.79 Å². The lowest BCUT2D eigenvalue weighted by Gasteiger charge is -2.12. The highest BCUT2D eigenvalue weighted by atomic mass is 16.7. The molecule has 2 aromatic rings. The molecule has 1 heterocycles. The van der Waals surface area contributed by atoms with Crippen molar-refractivity contribution in [1.82, 2.24) is 5.32 Å². The Hall–Kier alpha value is -3.06. The number of amides is 1. The lowest BCUT2D eigenvalue weighted by Crippen LogP contribution is -2.41. The fourth-order valence-corrected chi connectivity index (χ4v) is 2.44. The first kappa shape index (κ1) is 17.8. The molecule has 0 radical (unpaired) electrons. The Balaban J connectivity index is 1.42. The minimum Gasteiger partial charge on any atom is -0.461 e. The maximum absolute atomic E-state index is 12.1. The van der Waals surface area contributed by atoms with Gasteiger partial charge in [0.1, 0.15) is 6.61 Å². The number of esters is 1. The number of benzene rings is 2. The number of fused-ring (bicyclic) bond motifs is 1. The van der Waals surface area contributed by atoms with E-state index in [0.717, 1.165) is 11.1 Å². The third-order valence-electron chi connectivity index (χ3n) is 3.87. The van der Waals surface area contributed by atoms with Crippen LogP contribution in [0, 0.1) is 0 Å². The molecule has 0 fully saturated rings. The number of carbonyl (C=O) groups excluding carboxylic acids is 2. The van der Waals surface area contributed by atoms with Gasteiger partial charge in [-0.3, -0.25) is 9.59 Å². The van der Waals surface area contributed by atoms with E-state index in [-0.39, 0.29) is 26.4 Å². The lowest BCUT2D eigenvalue weighted by atomic mass is 10.1. The van der Waals surface area contributed by atoms with Crippen LogP contribution in [0.3, 0.4) is 0 Å². The molecule has 3 rings (SSSR count). The van der Waals surface area contributed by atoms with Gasteiger partial charge in [-0.2, -0.15) is 0 Å². The van der Waals surface area contributed by atoms with Crippen molar-refractivity contribution in [2.24, 2.45) is 5.73 Å². The van der Waals surface area contributed by atoms with Crippen molar-refractivity contribution in [3.05, 3.63) is 59.7 Å². The smallest absolute Gasteiger partial charge is 0.308 e. The number of hydrogen-bond acceptors (Lipinski definition) is 6. The van der Waals surface area contributed by atoms with Crippen molar-refractivity contribution < 1.29 is 23.8 Å². The summed E-state index contributed by atoms with van der Waals surface area (Å²) >= 11 is 0. The monoisotopic (exact) mass is 356 g/mol. The van der Waals surface area contributed by atoms with Gasteiger partial charge in [-0.05, 0) is 23.3 Å². The third kappa shape index (κ3) is 4.73. The van der Waals surface area contributed by atoms with Crippen LogP contribution in [0.4, 0.5) is 0 Å². The Kier molecular flexibility index (Phi) is 5.70. The van der Waals surface area contributed by atoms with Crippen molar-refractivity contribution >= 4 is 11.9 Å². The van der Waals surface area contributed by atoms with Crippen LogP contribution < -0.4 is 20.5 Å². The van der Waals surface area contributed by atoms with Gasteiger partial charge in [0.05, 0.1) is 12.5 Å². The van der Waals surface area contributed by atoms with Crippen LogP contribution in [0.15, 0.2) is 48.5 Å². The van der Waals surface area contributed by atoms with Gasteiger partial charge in [-0.15, -0.1) is 0 Å². The highest BCUT2D eigenvalue weighted by Crippen LogP contribution is 2.32. The van der Waals surface area contributed by atoms with Gasteiger partial charge >= 0.3 is 5.97 Å². The highest BCUT2D eigenvalue weighted by molar-refractivity contribution is 5.86. The molecule has 0 spiro atoms. The van der Waals surface area contributed by atoms with Crippen molar-refractivity contribution in [2.45, 2.75) is 25.6 Å². The molecule has 0 saturated heterocycles. The summed E-state index contributed by atoms with van der Waals surface area (Å²) in [5, 5.41) is 2.70. The SMILES string of the molecule is N[C@@H](CC(=O)OCc1ccccc1)C(=O)NCc1ccc2c(c1)OCO2. The Morgan fingerprint density at radius 1 is 1.08 bits per heavy atom. The van der Waals surface area contributed by atoms with Crippen LogP contribution in [0.1, 0.15) is 17.5 Å². The predicted octanol–water partition coefficient (Wildman–Crippen LogP) is 1.49. The maximum Gasteiger partial charge on any atom is 0.308 e. The molecule has 1 amide bonds. The molecule has 26 heavy (non-hydrogen) atoms. The fraction of sp³-hybridized carbons (Fsp3) is 0.263. The molecule has 2 aromatic carbocycles. The van der Waals surface area contributed by atoms with Crippen LogP contribution in [0.5, 0.6) is 11.5 Å². The zero-order chi connectivity index (χ0) is 18.4. The topological polar surface area (TPSA) is 99.9 Å². The van der Waals surface area contributed by atoms with Gasteiger partial charge in [-0.1, -0.05) is 36.4 Å². The van der Waals surface area contributed by atoms with Crippen LogP contribution in [-0.2, 0) is 27.5 Å². The largest absolute Gasteiger partial charge is 0.461 e. The Labute approximate surface area is 151 Å². The zero-order valence-electron chi connectivity index (χ0n) is 14.1. The van der Waals surface area contributed by atoms with E-state index < -0.39 is 17.9 Å². The molecular formula is C19H20N2O5. The maximum atomic E-state index is 12.1. The minimum atomic E-state index is -0.965. The zero-order valence-corrected chi connectivity index (χ0v) is 14.1. The van der Waals surface area contributed by atoms with Crippen molar-refractivity contribution in [3.63, 3.8) is 0 Å². The molecule has 3 N–H and O–H groups in total. The van der Waals surface area contributed by atoms with Gasteiger partial charge in [-0.25, -0.2) is 0 Å². The Bertz CT molecular complexity index is 779. The molecule has 0 saturated carbocycles. The van der Waals surface area contributed by atoms with Crippen molar-refractivity contribution in [1.29, 1.82) is 0 Å². The molecule has 1 atom stereocenters. The summed E-state index contributed by atoms with van der Waals surface area (Å²) in [4.78, 5) is 23.9. The average molecular weight is 356 g/mol. The van der Waals surface area contributed by atoms with E-state index in [0.29, 0.717) is 11.5 Å². The number of hydrogen-bond donors (Lipinski definition) is 2. The van der Waals surface area contributed by atoms with E-state index in [1.807, 2.05) is 36.4 Å². The Morgan fingerprint density at radius 2 is 1.85 bits per heavy atom. The molecule has 7 heteroatoms. The summed E-state index contributed by atoms with van der Waals surface area (Å²) in [6.07, 6.45) is -0.181. The molecule has 1 aliphatic heterocycles. The van der Waals surface area contributed by atoms with Gasteiger partial charge in [0.25, 0.3) is 0 Å². The normalized spacial score (nSPS) is 13.1. The van der Waals surface area contributed by atoms with Gasteiger partial charge in [0.15, 0.2) is 11.5 Å². The van der Waals surface area contributed by atoms with Crippen LogP contribution >= 0.6 is 0 Å². The molecular weight excluding hydrogens is 336 g/mol. The molecule has 7 nitrogen and oxygen atoms in total. The molecule has 0 aliphatic carbocycles. The van der Waals surface area contributed by atoms with Crippen LogP contribution in [0.25, 0.3) is 0 Å². The molecule has 0 aromatic heterocycles. The third-order valence-corrected chi connectivity index (χ3v) is 3.87. The van der Waals surface area contributed by atoms with Gasteiger partial charge in [0.2, 0.25) is 12.7 Å². The first-order valence-electron chi connectivity index (χ1n) is 8.23. The standard InChI is InChI=1S/C19H20N2O5/c20-15(9-18(22)24-11-13-4-2-1-3-5-13)19(23)21-10-14-6-7-16-17(8-14)26-12-25-16/h1-8,15H,9-12,20H2,(H,21,23)/t15-/m0/s1. The molecule has 136 valence electrons. The van der Waals surface area contributed by atoms with Gasteiger partial charge < -0.3 is 25.3 Å². The fourth-order valence-electron chi connectivity index (χ4n) is 2.44. The first-order valence-corrected chi connectivity index (χ1v) is 8.23. The number of carbonyl (C=O) groups is 2. The van der Waals surface area contributed by atoms with Crippen LogP contribution in [0.2, 0.25) is 0 Å². The van der Waals surface area contributed by atoms with E-state index in [1.54, 1.807) is 12.1 Å². The molecule has 0 unspecified atom stereocenters. The first-order chi connectivity index (χ1) is 12.6. The van der Waals surface area contributed by atoms with Crippen LogP contribution in [-0.4, -0.2) is 24.7 Å². The molecule has 1 aliphatic rings. The quantitative estimate of drug-likeness (QED) is 0.729.